The van der Waals surface area contributed by atoms with E-state index in [2.05, 4.69) is 20.4 Å². The van der Waals surface area contributed by atoms with E-state index < -0.39 is 5.91 Å². The second-order valence-corrected chi connectivity index (χ2v) is 7.34. The van der Waals surface area contributed by atoms with Crippen molar-refractivity contribution in [3.63, 3.8) is 0 Å². The van der Waals surface area contributed by atoms with Gasteiger partial charge in [-0.15, -0.1) is 0 Å². The van der Waals surface area contributed by atoms with E-state index in [1.54, 1.807) is 12.3 Å². The van der Waals surface area contributed by atoms with Gasteiger partial charge < -0.3 is 20.1 Å². The van der Waals surface area contributed by atoms with Crippen molar-refractivity contribution in [3.8, 4) is 34.0 Å². The van der Waals surface area contributed by atoms with Gasteiger partial charge in [0.2, 0.25) is 5.91 Å². The maximum Gasteiger partial charge on any atom is 0.251 e. The summed E-state index contributed by atoms with van der Waals surface area (Å²) in [7, 11) is 1.90. The Hall–Kier alpha value is -4.11. The topological polar surface area (TPSA) is 129 Å². The number of nitrogens with two attached hydrogens (primary N) is 1. The number of aromatic nitrogens is 4. The van der Waals surface area contributed by atoms with E-state index in [0.29, 0.717) is 34.1 Å². The number of hydrogen-bond acceptors (Lipinski definition) is 7. The third kappa shape index (κ3) is 4.47. The summed E-state index contributed by atoms with van der Waals surface area (Å²) in [5.74, 6) is -0.121. The summed E-state index contributed by atoms with van der Waals surface area (Å²) in [6, 6.07) is 12.9. The molecule has 4 aromatic rings. The normalized spacial score (nSPS) is 10.9. The molecule has 0 saturated carbocycles. The standard InChI is InChI=1S/C23H22N6O3/c1-14-23(20-9-18(28-32-20)16-5-3-15(4-6-16)10-25-2)27-19(11-26-14)17-7-8-22(31)29(12-17)13-21(24)30/h3-9,11-12,25H,10,13H2,1-2H3,(H2,24,30). The lowest BCUT2D eigenvalue weighted by Gasteiger charge is -2.08. The molecule has 9 heteroatoms. The van der Waals surface area contributed by atoms with E-state index in [1.807, 2.05) is 44.3 Å². The molecule has 0 spiro atoms. The highest BCUT2D eigenvalue weighted by molar-refractivity contribution is 5.74. The fourth-order valence-electron chi connectivity index (χ4n) is 3.32. The molecule has 3 heterocycles. The van der Waals surface area contributed by atoms with E-state index >= 15 is 0 Å². The Kier molecular flexibility index (Phi) is 5.91. The van der Waals surface area contributed by atoms with Crippen LogP contribution in [0.2, 0.25) is 0 Å². The van der Waals surface area contributed by atoms with E-state index in [4.69, 9.17) is 10.3 Å². The zero-order chi connectivity index (χ0) is 22.7. The van der Waals surface area contributed by atoms with Crippen molar-refractivity contribution in [1.29, 1.82) is 0 Å². The van der Waals surface area contributed by atoms with Crippen molar-refractivity contribution in [2.75, 3.05) is 7.05 Å². The molecule has 3 N–H and O–H groups in total. The number of rotatable bonds is 7. The van der Waals surface area contributed by atoms with Crippen molar-refractivity contribution in [2.24, 2.45) is 5.73 Å². The third-order valence-electron chi connectivity index (χ3n) is 4.94. The van der Waals surface area contributed by atoms with Crippen molar-refractivity contribution in [3.05, 3.63) is 76.5 Å². The van der Waals surface area contributed by atoms with Gasteiger partial charge in [-0.25, -0.2) is 4.98 Å². The minimum Gasteiger partial charge on any atom is -0.368 e. The molecule has 0 aliphatic rings. The van der Waals surface area contributed by atoms with Crippen molar-refractivity contribution >= 4 is 5.91 Å². The van der Waals surface area contributed by atoms with Crippen LogP contribution in [0.5, 0.6) is 0 Å². The van der Waals surface area contributed by atoms with Crippen LogP contribution in [0, 0.1) is 6.92 Å². The number of amides is 1. The Morgan fingerprint density at radius 3 is 2.59 bits per heavy atom. The number of aryl methyl sites for hydroxylation is 1. The first-order chi connectivity index (χ1) is 15.4. The third-order valence-corrected chi connectivity index (χ3v) is 4.94. The van der Waals surface area contributed by atoms with Crippen molar-refractivity contribution in [2.45, 2.75) is 20.0 Å². The van der Waals surface area contributed by atoms with Crippen molar-refractivity contribution in [1.82, 2.24) is 25.0 Å². The van der Waals surface area contributed by atoms with Gasteiger partial charge in [0.15, 0.2) is 5.76 Å². The maximum atomic E-state index is 12.0. The smallest absolute Gasteiger partial charge is 0.251 e. The molecular formula is C23H22N6O3. The number of pyridine rings is 1. The van der Waals surface area contributed by atoms with Crippen molar-refractivity contribution < 1.29 is 9.32 Å². The van der Waals surface area contributed by atoms with Gasteiger partial charge >= 0.3 is 0 Å². The molecule has 0 fully saturated rings. The van der Waals surface area contributed by atoms with Gasteiger partial charge in [-0.2, -0.15) is 0 Å². The predicted molar refractivity (Wildman–Crippen MR) is 119 cm³/mol. The first kappa shape index (κ1) is 21.1. The Balaban J connectivity index is 1.67. The van der Waals surface area contributed by atoms with Gasteiger partial charge in [0.1, 0.15) is 17.9 Å². The summed E-state index contributed by atoms with van der Waals surface area (Å²) in [6.45, 7) is 2.41. The lowest BCUT2D eigenvalue weighted by Crippen LogP contribution is -2.27. The van der Waals surface area contributed by atoms with Crippen LogP contribution in [-0.4, -0.2) is 32.6 Å². The molecule has 9 nitrogen and oxygen atoms in total. The molecule has 32 heavy (non-hydrogen) atoms. The fourth-order valence-corrected chi connectivity index (χ4v) is 3.32. The fraction of sp³-hybridized carbons (Fsp3) is 0.174. The number of nitrogens with one attached hydrogen (secondary N) is 1. The SMILES string of the molecule is CNCc1ccc(-c2cc(-c3nc(-c4ccc(=O)n(CC(N)=O)c4)cnc3C)on2)cc1. The molecule has 0 atom stereocenters. The zero-order valence-electron chi connectivity index (χ0n) is 17.7. The van der Waals surface area contributed by atoms with Gasteiger partial charge in [0, 0.05) is 36.0 Å². The van der Waals surface area contributed by atoms with Crippen LogP contribution in [0.1, 0.15) is 11.3 Å². The lowest BCUT2D eigenvalue weighted by atomic mass is 10.1. The molecular weight excluding hydrogens is 408 g/mol. The molecule has 0 saturated heterocycles. The first-order valence-corrected chi connectivity index (χ1v) is 9.98. The van der Waals surface area contributed by atoms with E-state index in [-0.39, 0.29) is 12.1 Å². The highest BCUT2D eigenvalue weighted by atomic mass is 16.5. The molecule has 162 valence electrons. The zero-order valence-corrected chi connectivity index (χ0v) is 17.7. The Bertz CT molecular complexity index is 1320. The van der Waals surface area contributed by atoms with Gasteiger partial charge in [-0.05, 0) is 25.6 Å². The molecule has 0 aliphatic carbocycles. The Labute approximate surface area is 183 Å². The average Bonchev–Trinajstić information content (AvgIpc) is 3.26. The number of benzene rings is 1. The van der Waals surface area contributed by atoms with Crippen LogP contribution in [-0.2, 0) is 17.9 Å². The summed E-state index contributed by atoms with van der Waals surface area (Å²) in [4.78, 5) is 32.3. The lowest BCUT2D eigenvalue weighted by molar-refractivity contribution is -0.118. The molecule has 0 bridgehead atoms. The summed E-state index contributed by atoms with van der Waals surface area (Å²) < 4.78 is 6.81. The van der Waals surface area contributed by atoms with Crippen LogP contribution in [0.15, 0.2) is 64.2 Å². The summed E-state index contributed by atoms with van der Waals surface area (Å²) >= 11 is 0. The predicted octanol–water partition coefficient (Wildman–Crippen LogP) is 2.14. The molecule has 3 aromatic heterocycles. The van der Waals surface area contributed by atoms with Gasteiger partial charge in [0.25, 0.3) is 5.56 Å². The highest BCUT2D eigenvalue weighted by Gasteiger charge is 2.15. The average molecular weight is 430 g/mol. The van der Waals surface area contributed by atoms with Crippen LogP contribution in [0.3, 0.4) is 0 Å². The number of carbonyl (C=O) groups is 1. The van der Waals surface area contributed by atoms with Crippen LogP contribution >= 0.6 is 0 Å². The number of hydrogen-bond donors (Lipinski definition) is 2. The number of nitrogens with zero attached hydrogens (tertiary/aromatic N) is 4. The molecule has 0 radical (unpaired) electrons. The quantitative estimate of drug-likeness (QED) is 0.459. The Morgan fingerprint density at radius 2 is 1.88 bits per heavy atom. The monoisotopic (exact) mass is 430 g/mol. The van der Waals surface area contributed by atoms with Gasteiger partial charge in [-0.3, -0.25) is 14.6 Å². The summed E-state index contributed by atoms with van der Waals surface area (Å²) in [6.07, 6.45) is 3.14. The van der Waals surface area contributed by atoms with Gasteiger partial charge in [-0.1, -0.05) is 29.4 Å². The van der Waals surface area contributed by atoms with E-state index in [9.17, 15) is 9.59 Å². The summed E-state index contributed by atoms with van der Waals surface area (Å²) in [5.41, 5.74) is 10.1. The first-order valence-electron chi connectivity index (χ1n) is 9.98. The largest absolute Gasteiger partial charge is 0.368 e. The minimum atomic E-state index is -0.604. The second-order valence-electron chi connectivity index (χ2n) is 7.34. The van der Waals surface area contributed by atoms with Crippen LogP contribution < -0.4 is 16.6 Å². The highest BCUT2D eigenvalue weighted by Crippen LogP contribution is 2.28. The minimum absolute atomic E-state index is 0.211. The number of carbonyl (C=O) groups excluding carboxylic acids is 1. The summed E-state index contributed by atoms with van der Waals surface area (Å²) in [5, 5.41) is 7.30. The Morgan fingerprint density at radius 1 is 1.12 bits per heavy atom. The molecule has 4 rings (SSSR count). The van der Waals surface area contributed by atoms with E-state index in [1.165, 1.54) is 22.4 Å². The van der Waals surface area contributed by atoms with Gasteiger partial charge in [0.05, 0.1) is 17.6 Å². The molecule has 1 amide bonds. The van der Waals surface area contributed by atoms with E-state index in [0.717, 1.165) is 12.1 Å². The van der Waals surface area contributed by atoms with Crippen LogP contribution in [0.4, 0.5) is 0 Å². The molecule has 1 aromatic carbocycles. The molecule has 0 aliphatic heterocycles. The van der Waals surface area contributed by atoms with Crippen LogP contribution in [0.25, 0.3) is 34.0 Å². The molecule has 0 unspecified atom stereocenters. The number of primary amides is 1. The second kappa shape index (κ2) is 8.94. The maximum absolute atomic E-state index is 12.0.